The zero-order valence-corrected chi connectivity index (χ0v) is 11.0. The summed E-state index contributed by atoms with van der Waals surface area (Å²) in [4.78, 5) is 4.45. The molecule has 108 valence electrons. The number of aliphatic hydroxyl groups excluding tert-OH is 2. The predicted molar refractivity (Wildman–Crippen MR) is 70.4 cm³/mol. The molecule has 0 radical (unpaired) electrons. The molecule has 1 saturated heterocycles. The number of nitrogens with zero attached hydrogens (tertiary/aromatic N) is 1. The van der Waals surface area contributed by atoms with Gasteiger partial charge < -0.3 is 24.4 Å². The van der Waals surface area contributed by atoms with Gasteiger partial charge in [-0.2, -0.15) is 0 Å². The molecule has 0 aromatic heterocycles. The molecule has 0 bridgehead atoms. The highest BCUT2D eigenvalue weighted by Gasteiger charge is 2.50. The Balaban J connectivity index is 1.87. The third kappa shape index (κ3) is 2.20. The van der Waals surface area contributed by atoms with Gasteiger partial charge in [0.15, 0.2) is 12.4 Å². The number of rotatable bonds is 3. The van der Waals surface area contributed by atoms with Crippen LogP contribution in [0, 0.1) is 0 Å². The van der Waals surface area contributed by atoms with Crippen LogP contribution in [0.1, 0.15) is 5.56 Å². The summed E-state index contributed by atoms with van der Waals surface area (Å²) < 4.78 is 16.5. The minimum atomic E-state index is -0.943. The van der Waals surface area contributed by atoms with Crippen LogP contribution in [0.25, 0.3) is 0 Å². The second-order valence-electron chi connectivity index (χ2n) is 4.83. The topological polar surface area (TPSA) is 80.5 Å². The van der Waals surface area contributed by atoms with Gasteiger partial charge in [-0.05, 0) is 12.1 Å². The second-order valence-corrected chi connectivity index (χ2v) is 4.83. The summed E-state index contributed by atoms with van der Waals surface area (Å²) in [6, 6.07) is 9.02. The Bertz CT molecular complexity index is 492. The van der Waals surface area contributed by atoms with Gasteiger partial charge >= 0.3 is 0 Å². The van der Waals surface area contributed by atoms with Gasteiger partial charge in [-0.25, -0.2) is 4.99 Å². The van der Waals surface area contributed by atoms with Crippen LogP contribution in [-0.2, 0) is 14.2 Å². The first-order valence-electron chi connectivity index (χ1n) is 6.51. The van der Waals surface area contributed by atoms with E-state index < -0.39 is 30.6 Å². The van der Waals surface area contributed by atoms with Crippen LogP contribution in [0.3, 0.4) is 0 Å². The van der Waals surface area contributed by atoms with Gasteiger partial charge in [0.2, 0.25) is 5.90 Å². The predicted octanol–water partition coefficient (Wildman–Crippen LogP) is -0.0749. The summed E-state index contributed by atoms with van der Waals surface area (Å²) in [6.45, 7) is -0.297. The van der Waals surface area contributed by atoms with E-state index >= 15 is 0 Å². The fraction of sp³-hybridized carbons (Fsp3) is 0.500. The maximum atomic E-state index is 10.2. The van der Waals surface area contributed by atoms with Crippen molar-refractivity contribution in [2.24, 2.45) is 4.99 Å². The quantitative estimate of drug-likeness (QED) is 0.809. The highest BCUT2D eigenvalue weighted by molar-refractivity contribution is 5.95. The standard InChI is InChI=1S/C14H17NO5/c1-18-14-10-12(11(17)9(7-16)19-14)20-13(15-10)8-5-3-2-4-6-8/h2-6,9-12,14,16-17H,7H2,1H3/t9-,10-,11+,12+,14-/m0/s1. The van der Waals surface area contributed by atoms with Crippen molar-refractivity contribution in [3.8, 4) is 0 Å². The number of benzene rings is 1. The zero-order valence-electron chi connectivity index (χ0n) is 11.0. The Morgan fingerprint density at radius 2 is 2.05 bits per heavy atom. The van der Waals surface area contributed by atoms with Gasteiger partial charge in [-0.3, -0.25) is 0 Å². The number of fused-ring (bicyclic) bond motifs is 1. The van der Waals surface area contributed by atoms with Crippen molar-refractivity contribution in [2.75, 3.05) is 13.7 Å². The molecule has 2 N–H and O–H groups in total. The number of methoxy groups -OCH3 is 1. The highest BCUT2D eigenvalue weighted by atomic mass is 16.7. The van der Waals surface area contributed by atoms with Crippen LogP contribution in [0.2, 0.25) is 0 Å². The van der Waals surface area contributed by atoms with Crippen molar-refractivity contribution in [2.45, 2.75) is 30.6 Å². The van der Waals surface area contributed by atoms with Crippen molar-refractivity contribution in [3.05, 3.63) is 35.9 Å². The fourth-order valence-corrected chi connectivity index (χ4v) is 2.54. The van der Waals surface area contributed by atoms with Crippen LogP contribution >= 0.6 is 0 Å². The number of hydrogen-bond donors (Lipinski definition) is 2. The summed E-state index contributed by atoms with van der Waals surface area (Å²) in [5, 5.41) is 19.4. The van der Waals surface area contributed by atoms with Crippen LogP contribution in [0.5, 0.6) is 0 Å². The molecule has 1 aromatic rings. The van der Waals surface area contributed by atoms with E-state index in [4.69, 9.17) is 14.2 Å². The van der Waals surface area contributed by atoms with E-state index in [1.807, 2.05) is 30.3 Å². The summed E-state index contributed by atoms with van der Waals surface area (Å²) in [5.41, 5.74) is 0.838. The largest absolute Gasteiger partial charge is 0.469 e. The lowest BCUT2D eigenvalue weighted by atomic mass is 9.98. The van der Waals surface area contributed by atoms with Crippen molar-refractivity contribution >= 4 is 5.90 Å². The first-order valence-corrected chi connectivity index (χ1v) is 6.51. The zero-order chi connectivity index (χ0) is 14.1. The third-order valence-electron chi connectivity index (χ3n) is 3.59. The van der Waals surface area contributed by atoms with Gasteiger partial charge in [0.05, 0.1) is 6.61 Å². The lowest BCUT2D eigenvalue weighted by molar-refractivity contribution is -0.249. The van der Waals surface area contributed by atoms with Crippen LogP contribution in [0.15, 0.2) is 35.3 Å². The molecule has 1 fully saturated rings. The van der Waals surface area contributed by atoms with E-state index in [0.717, 1.165) is 5.56 Å². The monoisotopic (exact) mass is 279 g/mol. The molecule has 0 amide bonds. The SMILES string of the molecule is CO[C@H]1O[C@@H](CO)[C@@H](O)[C@@H]2OC(c3ccccc3)=N[C@H]12. The molecule has 0 unspecified atom stereocenters. The molecule has 2 aliphatic heterocycles. The van der Waals surface area contributed by atoms with E-state index in [-0.39, 0.29) is 6.61 Å². The van der Waals surface area contributed by atoms with Crippen molar-refractivity contribution in [3.63, 3.8) is 0 Å². The van der Waals surface area contributed by atoms with Crippen LogP contribution in [-0.4, -0.2) is 60.5 Å². The van der Waals surface area contributed by atoms with Gasteiger partial charge in [-0.1, -0.05) is 18.2 Å². The van der Waals surface area contributed by atoms with Crippen molar-refractivity contribution in [1.82, 2.24) is 0 Å². The van der Waals surface area contributed by atoms with E-state index in [1.54, 1.807) is 0 Å². The normalized spacial score (nSPS) is 36.1. The molecule has 2 heterocycles. The summed E-state index contributed by atoms with van der Waals surface area (Å²) in [6.07, 6.45) is -2.88. The summed E-state index contributed by atoms with van der Waals surface area (Å²) in [5.74, 6) is 0.462. The Morgan fingerprint density at radius 1 is 1.30 bits per heavy atom. The second kappa shape index (κ2) is 5.49. The van der Waals surface area contributed by atoms with E-state index in [0.29, 0.717) is 5.90 Å². The summed E-state index contributed by atoms with van der Waals surface area (Å²) >= 11 is 0. The van der Waals surface area contributed by atoms with Crippen LogP contribution < -0.4 is 0 Å². The maximum Gasteiger partial charge on any atom is 0.217 e. The number of aliphatic hydroxyl groups is 2. The van der Waals surface area contributed by atoms with Gasteiger partial charge in [0.25, 0.3) is 0 Å². The minimum Gasteiger partial charge on any atom is -0.469 e. The fourth-order valence-electron chi connectivity index (χ4n) is 2.54. The number of aliphatic imine (C=N–C) groups is 1. The maximum absolute atomic E-state index is 10.2. The molecule has 0 saturated carbocycles. The lowest BCUT2D eigenvalue weighted by Crippen LogP contribution is -2.57. The van der Waals surface area contributed by atoms with Gasteiger partial charge in [-0.15, -0.1) is 0 Å². The van der Waals surface area contributed by atoms with E-state index in [2.05, 4.69) is 4.99 Å². The molecule has 6 nitrogen and oxygen atoms in total. The molecular formula is C14H17NO5. The van der Waals surface area contributed by atoms with E-state index in [9.17, 15) is 10.2 Å². The molecule has 0 spiro atoms. The molecule has 2 aliphatic rings. The average molecular weight is 279 g/mol. The molecule has 6 heteroatoms. The molecular weight excluding hydrogens is 262 g/mol. The van der Waals surface area contributed by atoms with Gasteiger partial charge in [0, 0.05) is 12.7 Å². The smallest absolute Gasteiger partial charge is 0.217 e. The first kappa shape index (κ1) is 13.5. The van der Waals surface area contributed by atoms with Gasteiger partial charge in [0.1, 0.15) is 18.2 Å². The van der Waals surface area contributed by atoms with E-state index in [1.165, 1.54) is 7.11 Å². The average Bonchev–Trinajstić information content (AvgIpc) is 2.94. The Morgan fingerprint density at radius 3 is 2.70 bits per heavy atom. The van der Waals surface area contributed by atoms with Crippen molar-refractivity contribution in [1.29, 1.82) is 0 Å². The Hall–Kier alpha value is -1.47. The lowest BCUT2D eigenvalue weighted by Gasteiger charge is -2.38. The third-order valence-corrected chi connectivity index (χ3v) is 3.59. The number of hydrogen-bond acceptors (Lipinski definition) is 6. The Kier molecular flexibility index (Phi) is 3.71. The van der Waals surface area contributed by atoms with Crippen molar-refractivity contribution < 1.29 is 24.4 Å². The highest BCUT2D eigenvalue weighted by Crippen LogP contribution is 2.31. The first-order chi connectivity index (χ1) is 9.74. The molecule has 0 aliphatic carbocycles. The molecule has 5 atom stereocenters. The summed E-state index contributed by atoms with van der Waals surface area (Å²) in [7, 11) is 1.50. The molecule has 3 rings (SSSR count). The molecule has 1 aromatic carbocycles. The Labute approximate surface area is 116 Å². The minimum absolute atomic E-state index is 0.297. The van der Waals surface area contributed by atoms with Crippen LogP contribution in [0.4, 0.5) is 0 Å². The number of ether oxygens (including phenoxy) is 3. The molecule has 20 heavy (non-hydrogen) atoms.